The highest BCUT2D eigenvalue weighted by atomic mass is 16.4. The van der Waals surface area contributed by atoms with Gasteiger partial charge in [-0.15, -0.1) is 0 Å². The summed E-state index contributed by atoms with van der Waals surface area (Å²) in [4.78, 5) is 10.9. The number of carboxylic acid groups (broad SMARTS) is 1. The molecule has 0 aromatic heterocycles. The summed E-state index contributed by atoms with van der Waals surface area (Å²) in [5.74, 6) is -0.921. The molecule has 0 bridgehead atoms. The van der Waals surface area contributed by atoms with Crippen molar-refractivity contribution < 1.29 is 15.0 Å². The van der Waals surface area contributed by atoms with Crippen molar-refractivity contribution in [2.75, 3.05) is 6.54 Å². The topological polar surface area (TPSA) is 69.6 Å². The minimum absolute atomic E-state index is 0.109. The Morgan fingerprint density at radius 2 is 1.90 bits per heavy atom. The van der Waals surface area contributed by atoms with Crippen molar-refractivity contribution in [1.29, 1.82) is 0 Å². The minimum atomic E-state index is -0.921. The van der Waals surface area contributed by atoms with Crippen molar-refractivity contribution in [1.82, 2.24) is 5.32 Å². The number of benzene rings is 2. The largest absolute Gasteiger partial charge is 0.481 e. The number of aliphatic hydroxyl groups excluding tert-OH is 1. The molecule has 0 spiro atoms. The second-order valence-corrected chi connectivity index (χ2v) is 4.81. The Morgan fingerprint density at radius 1 is 1.20 bits per heavy atom. The first-order valence-electron chi connectivity index (χ1n) is 6.73. The molecular formula is C16H19NO3. The maximum atomic E-state index is 10.9. The minimum Gasteiger partial charge on any atom is -0.481 e. The van der Waals surface area contributed by atoms with E-state index in [2.05, 4.69) is 5.32 Å². The predicted octanol–water partition coefficient (Wildman–Crippen LogP) is 2.33. The number of fused-ring (bicyclic) bond motifs is 1. The van der Waals surface area contributed by atoms with Crippen LogP contribution in [0.2, 0.25) is 0 Å². The van der Waals surface area contributed by atoms with Gasteiger partial charge in [-0.1, -0.05) is 43.3 Å². The van der Waals surface area contributed by atoms with Gasteiger partial charge in [-0.05, 0) is 28.9 Å². The number of nitrogens with one attached hydrogen (secondary N) is 1. The van der Waals surface area contributed by atoms with Crippen molar-refractivity contribution in [2.24, 2.45) is 0 Å². The molecule has 0 saturated carbocycles. The van der Waals surface area contributed by atoms with E-state index >= 15 is 0 Å². The molecule has 0 heterocycles. The summed E-state index contributed by atoms with van der Waals surface area (Å²) in [6.07, 6.45) is -0.947. The zero-order chi connectivity index (χ0) is 14.5. The third-order valence-corrected chi connectivity index (χ3v) is 3.36. The normalized spacial score (nSPS) is 14.1. The SMILES string of the molecule is CCNC(CC(=O)O)C(O)c1ccc2ccccc2c1. The molecule has 0 aliphatic heterocycles. The smallest absolute Gasteiger partial charge is 0.305 e. The zero-order valence-corrected chi connectivity index (χ0v) is 11.4. The molecule has 2 aromatic carbocycles. The Morgan fingerprint density at radius 3 is 2.55 bits per heavy atom. The van der Waals surface area contributed by atoms with E-state index in [1.807, 2.05) is 49.4 Å². The molecule has 0 aliphatic rings. The van der Waals surface area contributed by atoms with E-state index in [-0.39, 0.29) is 6.42 Å². The van der Waals surface area contributed by atoms with Crippen LogP contribution in [0.15, 0.2) is 42.5 Å². The van der Waals surface area contributed by atoms with Crippen LogP contribution < -0.4 is 5.32 Å². The summed E-state index contributed by atoms with van der Waals surface area (Å²) in [6, 6.07) is 13.1. The van der Waals surface area contributed by atoms with Gasteiger partial charge in [-0.25, -0.2) is 0 Å². The van der Waals surface area contributed by atoms with Crippen LogP contribution in [0.5, 0.6) is 0 Å². The fourth-order valence-electron chi connectivity index (χ4n) is 2.37. The Kier molecular flexibility index (Phi) is 4.71. The van der Waals surface area contributed by atoms with Gasteiger partial charge in [0, 0.05) is 6.04 Å². The second-order valence-electron chi connectivity index (χ2n) is 4.81. The first-order chi connectivity index (χ1) is 9.61. The molecule has 2 aromatic rings. The molecule has 0 saturated heterocycles. The van der Waals surface area contributed by atoms with Gasteiger partial charge < -0.3 is 15.5 Å². The standard InChI is InChI=1S/C16H19NO3/c1-2-17-14(10-15(18)19)16(20)13-8-7-11-5-3-4-6-12(11)9-13/h3-9,14,16-17,20H,2,10H2,1H3,(H,18,19). The summed E-state index contributed by atoms with van der Waals surface area (Å²) in [5, 5.41) is 24.5. The molecule has 3 N–H and O–H groups in total. The van der Waals surface area contributed by atoms with Crippen LogP contribution >= 0.6 is 0 Å². The number of hydrogen-bond donors (Lipinski definition) is 3. The quantitative estimate of drug-likeness (QED) is 0.755. The van der Waals surface area contributed by atoms with Crippen LogP contribution in [-0.4, -0.2) is 28.8 Å². The Balaban J connectivity index is 2.27. The van der Waals surface area contributed by atoms with E-state index in [4.69, 9.17) is 5.11 Å². The number of rotatable bonds is 6. The Hall–Kier alpha value is -1.91. The molecule has 0 amide bonds. The average molecular weight is 273 g/mol. The lowest BCUT2D eigenvalue weighted by atomic mass is 9.97. The van der Waals surface area contributed by atoms with Crippen LogP contribution in [0.25, 0.3) is 10.8 Å². The van der Waals surface area contributed by atoms with Crippen LogP contribution in [0.3, 0.4) is 0 Å². The third kappa shape index (κ3) is 3.35. The van der Waals surface area contributed by atoms with Gasteiger partial charge in [-0.2, -0.15) is 0 Å². The van der Waals surface area contributed by atoms with Gasteiger partial charge in [-0.3, -0.25) is 4.79 Å². The lowest BCUT2D eigenvalue weighted by Gasteiger charge is -2.22. The number of hydrogen-bond acceptors (Lipinski definition) is 3. The third-order valence-electron chi connectivity index (χ3n) is 3.36. The molecular weight excluding hydrogens is 254 g/mol. The molecule has 0 aliphatic carbocycles. The van der Waals surface area contributed by atoms with E-state index in [0.717, 1.165) is 16.3 Å². The van der Waals surface area contributed by atoms with Crippen molar-refractivity contribution in [2.45, 2.75) is 25.5 Å². The van der Waals surface area contributed by atoms with Gasteiger partial charge in [0.2, 0.25) is 0 Å². The number of likely N-dealkylation sites (N-methyl/N-ethyl adjacent to an activating group) is 1. The van der Waals surface area contributed by atoms with Crippen molar-refractivity contribution >= 4 is 16.7 Å². The summed E-state index contributed by atoms with van der Waals surface area (Å²) < 4.78 is 0. The molecule has 20 heavy (non-hydrogen) atoms. The maximum Gasteiger partial charge on any atom is 0.305 e. The predicted molar refractivity (Wildman–Crippen MR) is 78.6 cm³/mol. The maximum absolute atomic E-state index is 10.9. The van der Waals surface area contributed by atoms with E-state index in [9.17, 15) is 9.90 Å². The molecule has 0 radical (unpaired) electrons. The molecule has 4 nitrogen and oxygen atoms in total. The Bertz CT molecular complexity index is 597. The van der Waals surface area contributed by atoms with Gasteiger partial charge in [0.25, 0.3) is 0 Å². The van der Waals surface area contributed by atoms with Gasteiger partial charge in [0.1, 0.15) is 0 Å². The fraction of sp³-hybridized carbons (Fsp3) is 0.312. The number of aliphatic hydroxyl groups is 1. The molecule has 0 fully saturated rings. The molecule has 2 rings (SSSR count). The summed E-state index contributed by atoms with van der Waals surface area (Å²) in [6.45, 7) is 2.50. The lowest BCUT2D eigenvalue weighted by Crippen LogP contribution is -2.36. The van der Waals surface area contributed by atoms with Crippen LogP contribution in [0, 0.1) is 0 Å². The van der Waals surface area contributed by atoms with Crippen LogP contribution in [-0.2, 0) is 4.79 Å². The number of carbonyl (C=O) groups is 1. The average Bonchev–Trinajstić information content (AvgIpc) is 2.45. The van der Waals surface area contributed by atoms with Gasteiger partial charge in [0.15, 0.2) is 0 Å². The van der Waals surface area contributed by atoms with E-state index in [1.165, 1.54) is 0 Å². The van der Waals surface area contributed by atoms with Gasteiger partial charge >= 0.3 is 5.97 Å². The molecule has 2 unspecified atom stereocenters. The summed E-state index contributed by atoms with van der Waals surface area (Å²) in [7, 11) is 0. The highest BCUT2D eigenvalue weighted by Gasteiger charge is 2.22. The van der Waals surface area contributed by atoms with Crippen molar-refractivity contribution in [3.8, 4) is 0 Å². The highest BCUT2D eigenvalue weighted by Crippen LogP contribution is 2.23. The number of carboxylic acids is 1. The number of aliphatic carboxylic acids is 1. The van der Waals surface area contributed by atoms with E-state index < -0.39 is 18.1 Å². The molecule has 2 atom stereocenters. The molecule has 4 heteroatoms. The van der Waals surface area contributed by atoms with Crippen molar-refractivity contribution in [3.05, 3.63) is 48.0 Å². The first-order valence-corrected chi connectivity index (χ1v) is 6.73. The van der Waals surface area contributed by atoms with E-state index in [1.54, 1.807) is 0 Å². The first kappa shape index (κ1) is 14.5. The summed E-state index contributed by atoms with van der Waals surface area (Å²) >= 11 is 0. The Labute approximate surface area is 118 Å². The summed E-state index contributed by atoms with van der Waals surface area (Å²) in [5.41, 5.74) is 0.732. The highest BCUT2D eigenvalue weighted by molar-refractivity contribution is 5.83. The monoisotopic (exact) mass is 273 g/mol. The zero-order valence-electron chi connectivity index (χ0n) is 11.4. The van der Waals surface area contributed by atoms with Gasteiger partial charge in [0.05, 0.1) is 12.5 Å². The van der Waals surface area contributed by atoms with Crippen LogP contribution in [0.4, 0.5) is 0 Å². The van der Waals surface area contributed by atoms with Crippen molar-refractivity contribution in [3.63, 3.8) is 0 Å². The van der Waals surface area contributed by atoms with E-state index in [0.29, 0.717) is 6.54 Å². The fourth-order valence-corrected chi connectivity index (χ4v) is 2.37. The second kappa shape index (κ2) is 6.50. The lowest BCUT2D eigenvalue weighted by molar-refractivity contribution is -0.138. The molecule has 106 valence electrons. The van der Waals surface area contributed by atoms with Crippen LogP contribution in [0.1, 0.15) is 25.0 Å².